The fourth-order valence-corrected chi connectivity index (χ4v) is 3.12. The fraction of sp³-hybridized carbons (Fsp3) is 0.294. The Morgan fingerprint density at radius 3 is 2.43 bits per heavy atom. The van der Waals surface area contributed by atoms with E-state index < -0.39 is 0 Å². The molecular formula is C17H20FNOS. The lowest BCUT2D eigenvalue weighted by atomic mass is 10.00. The number of methoxy groups -OCH3 is 1. The van der Waals surface area contributed by atoms with Gasteiger partial charge < -0.3 is 10.5 Å². The zero-order valence-corrected chi connectivity index (χ0v) is 13.3. The number of aryl methyl sites for hydroxylation is 2. The van der Waals surface area contributed by atoms with Crippen molar-refractivity contribution in [1.29, 1.82) is 0 Å². The molecule has 2 rings (SSSR count). The van der Waals surface area contributed by atoms with Crippen molar-refractivity contribution in [1.82, 2.24) is 0 Å². The van der Waals surface area contributed by atoms with E-state index in [4.69, 9.17) is 10.5 Å². The Labute approximate surface area is 129 Å². The molecule has 112 valence electrons. The predicted molar refractivity (Wildman–Crippen MR) is 86.5 cm³/mol. The summed E-state index contributed by atoms with van der Waals surface area (Å²) in [7, 11) is 1.67. The third-order valence-corrected chi connectivity index (χ3v) is 4.56. The van der Waals surface area contributed by atoms with E-state index in [2.05, 4.69) is 6.07 Å². The summed E-state index contributed by atoms with van der Waals surface area (Å²) < 4.78 is 18.2. The molecule has 0 aliphatic heterocycles. The average Bonchev–Trinajstić information content (AvgIpc) is 2.48. The van der Waals surface area contributed by atoms with Gasteiger partial charge in [-0.1, -0.05) is 6.07 Å². The summed E-state index contributed by atoms with van der Waals surface area (Å²) in [6.45, 7) is 4.06. The maximum atomic E-state index is 12.9. The van der Waals surface area contributed by atoms with E-state index in [-0.39, 0.29) is 11.9 Å². The van der Waals surface area contributed by atoms with Crippen molar-refractivity contribution < 1.29 is 9.13 Å². The first-order valence-corrected chi connectivity index (χ1v) is 7.79. The summed E-state index contributed by atoms with van der Waals surface area (Å²) in [5.74, 6) is 1.41. The van der Waals surface area contributed by atoms with Crippen LogP contribution in [0.25, 0.3) is 0 Å². The molecule has 1 atom stereocenters. The number of rotatable bonds is 5. The number of thioether (sulfide) groups is 1. The molecule has 0 fully saturated rings. The molecule has 0 spiro atoms. The van der Waals surface area contributed by atoms with Gasteiger partial charge >= 0.3 is 0 Å². The van der Waals surface area contributed by atoms with Gasteiger partial charge in [-0.15, -0.1) is 11.8 Å². The van der Waals surface area contributed by atoms with Crippen LogP contribution in [0.15, 0.2) is 41.3 Å². The summed E-state index contributed by atoms with van der Waals surface area (Å²) in [4.78, 5) is 1.02. The summed E-state index contributed by atoms with van der Waals surface area (Å²) in [6, 6.07) is 10.5. The second kappa shape index (κ2) is 6.96. The van der Waals surface area contributed by atoms with Crippen LogP contribution >= 0.6 is 11.8 Å². The van der Waals surface area contributed by atoms with Crippen LogP contribution in [-0.2, 0) is 0 Å². The quantitative estimate of drug-likeness (QED) is 0.839. The highest BCUT2D eigenvalue weighted by atomic mass is 32.2. The summed E-state index contributed by atoms with van der Waals surface area (Å²) in [5.41, 5.74) is 9.64. The minimum absolute atomic E-state index is 0.0651. The van der Waals surface area contributed by atoms with Crippen molar-refractivity contribution >= 4 is 11.8 Å². The molecule has 2 N–H and O–H groups in total. The van der Waals surface area contributed by atoms with E-state index in [1.807, 2.05) is 19.9 Å². The monoisotopic (exact) mass is 305 g/mol. The van der Waals surface area contributed by atoms with Gasteiger partial charge in [0.2, 0.25) is 0 Å². The smallest absolute Gasteiger partial charge is 0.123 e. The molecule has 0 saturated carbocycles. The van der Waals surface area contributed by atoms with Gasteiger partial charge in [0.05, 0.1) is 7.11 Å². The van der Waals surface area contributed by atoms with E-state index in [1.165, 1.54) is 12.1 Å². The van der Waals surface area contributed by atoms with Crippen LogP contribution in [0.5, 0.6) is 5.75 Å². The first-order chi connectivity index (χ1) is 10.0. The third-order valence-electron chi connectivity index (χ3n) is 3.43. The largest absolute Gasteiger partial charge is 0.496 e. The summed E-state index contributed by atoms with van der Waals surface area (Å²) in [6.07, 6.45) is 0. The van der Waals surface area contributed by atoms with E-state index in [0.29, 0.717) is 0 Å². The Morgan fingerprint density at radius 2 is 1.81 bits per heavy atom. The van der Waals surface area contributed by atoms with Crippen LogP contribution in [0, 0.1) is 19.7 Å². The number of hydrogen-bond acceptors (Lipinski definition) is 3. The van der Waals surface area contributed by atoms with Crippen molar-refractivity contribution in [2.75, 3.05) is 12.9 Å². The Kier molecular flexibility index (Phi) is 5.26. The van der Waals surface area contributed by atoms with Gasteiger partial charge in [-0.2, -0.15) is 0 Å². The van der Waals surface area contributed by atoms with E-state index in [1.54, 1.807) is 31.0 Å². The maximum Gasteiger partial charge on any atom is 0.123 e. The summed E-state index contributed by atoms with van der Waals surface area (Å²) >= 11 is 1.63. The van der Waals surface area contributed by atoms with Gasteiger partial charge in [-0.25, -0.2) is 4.39 Å². The van der Waals surface area contributed by atoms with Crippen LogP contribution in [-0.4, -0.2) is 12.9 Å². The van der Waals surface area contributed by atoms with Crippen LogP contribution in [0.3, 0.4) is 0 Å². The lowest BCUT2D eigenvalue weighted by Gasteiger charge is -2.17. The SMILES string of the molecule is COc1cc(C)c(C(N)CSc2ccc(F)cc2)cc1C. The molecule has 0 amide bonds. The third kappa shape index (κ3) is 3.99. The second-order valence-corrected chi connectivity index (χ2v) is 6.14. The van der Waals surface area contributed by atoms with Crippen molar-refractivity contribution in [3.8, 4) is 5.75 Å². The molecule has 4 heteroatoms. The highest BCUT2D eigenvalue weighted by molar-refractivity contribution is 7.99. The molecule has 0 aliphatic carbocycles. The minimum atomic E-state index is -0.217. The number of halogens is 1. The van der Waals surface area contributed by atoms with Crippen LogP contribution in [0.1, 0.15) is 22.7 Å². The second-order valence-electron chi connectivity index (χ2n) is 5.05. The first-order valence-electron chi connectivity index (χ1n) is 6.80. The average molecular weight is 305 g/mol. The van der Waals surface area contributed by atoms with Crippen molar-refractivity contribution in [2.24, 2.45) is 5.73 Å². The van der Waals surface area contributed by atoms with Crippen molar-refractivity contribution in [3.05, 3.63) is 58.9 Å². The van der Waals surface area contributed by atoms with Gasteiger partial charge in [0.25, 0.3) is 0 Å². The lowest BCUT2D eigenvalue weighted by Crippen LogP contribution is -2.14. The number of ether oxygens (including phenoxy) is 1. The molecule has 21 heavy (non-hydrogen) atoms. The van der Waals surface area contributed by atoms with Gasteiger partial charge in [-0.05, 0) is 60.9 Å². The molecule has 0 aliphatic rings. The topological polar surface area (TPSA) is 35.2 Å². The predicted octanol–water partition coefficient (Wildman–Crippen LogP) is 4.24. The van der Waals surface area contributed by atoms with Crippen LogP contribution in [0.4, 0.5) is 4.39 Å². The van der Waals surface area contributed by atoms with Crippen LogP contribution < -0.4 is 10.5 Å². The van der Waals surface area contributed by atoms with Gasteiger partial charge in [0, 0.05) is 16.7 Å². The molecule has 0 bridgehead atoms. The lowest BCUT2D eigenvalue weighted by molar-refractivity contribution is 0.411. The Morgan fingerprint density at radius 1 is 1.14 bits per heavy atom. The standard InChI is InChI=1S/C17H20FNOS/c1-11-9-17(20-3)12(2)8-15(11)16(19)10-21-14-6-4-13(18)5-7-14/h4-9,16H,10,19H2,1-3H3. The molecule has 0 aromatic heterocycles. The normalized spacial score (nSPS) is 12.2. The zero-order chi connectivity index (χ0) is 15.4. The van der Waals surface area contributed by atoms with Gasteiger partial charge in [0.1, 0.15) is 11.6 Å². The highest BCUT2D eigenvalue weighted by Crippen LogP contribution is 2.29. The maximum absolute atomic E-state index is 12.9. The molecule has 0 radical (unpaired) electrons. The number of nitrogens with two attached hydrogens (primary N) is 1. The number of benzene rings is 2. The van der Waals surface area contributed by atoms with Crippen molar-refractivity contribution in [3.63, 3.8) is 0 Å². The minimum Gasteiger partial charge on any atom is -0.496 e. The molecular weight excluding hydrogens is 285 g/mol. The Hall–Kier alpha value is -1.52. The van der Waals surface area contributed by atoms with Gasteiger partial charge in [0.15, 0.2) is 0 Å². The molecule has 2 aromatic carbocycles. The first kappa shape index (κ1) is 15.9. The number of hydrogen-bond donors (Lipinski definition) is 1. The van der Waals surface area contributed by atoms with Crippen LogP contribution in [0.2, 0.25) is 0 Å². The van der Waals surface area contributed by atoms with Gasteiger partial charge in [-0.3, -0.25) is 0 Å². The Bertz CT molecular complexity index is 613. The Balaban J connectivity index is 2.08. The van der Waals surface area contributed by atoms with E-state index >= 15 is 0 Å². The van der Waals surface area contributed by atoms with E-state index in [0.717, 1.165) is 33.1 Å². The summed E-state index contributed by atoms with van der Waals surface area (Å²) in [5, 5.41) is 0. The van der Waals surface area contributed by atoms with Crippen molar-refractivity contribution in [2.45, 2.75) is 24.8 Å². The highest BCUT2D eigenvalue weighted by Gasteiger charge is 2.12. The van der Waals surface area contributed by atoms with E-state index in [9.17, 15) is 4.39 Å². The molecule has 0 heterocycles. The molecule has 0 saturated heterocycles. The molecule has 1 unspecified atom stereocenters. The molecule has 2 aromatic rings. The fourth-order valence-electron chi connectivity index (χ4n) is 2.24. The zero-order valence-electron chi connectivity index (χ0n) is 12.5. The molecule has 2 nitrogen and oxygen atoms in total.